The summed E-state index contributed by atoms with van der Waals surface area (Å²) in [6, 6.07) is 0. The van der Waals surface area contributed by atoms with Crippen LogP contribution in [-0.4, -0.2) is 12.6 Å². The van der Waals surface area contributed by atoms with Gasteiger partial charge in [-0.2, -0.15) is 0 Å². The normalized spacial score (nSPS) is 14.8. The van der Waals surface area contributed by atoms with E-state index in [1.165, 1.54) is 5.57 Å². The third kappa shape index (κ3) is 2.58. The third-order valence-corrected chi connectivity index (χ3v) is 1.56. The van der Waals surface area contributed by atoms with Crippen molar-refractivity contribution in [1.29, 1.82) is 0 Å². The number of esters is 1. The molecule has 0 N–H and O–H groups in total. The zero-order valence-corrected chi connectivity index (χ0v) is 6.67. The van der Waals surface area contributed by atoms with Crippen LogP contribution in [0.1, 0.15) is 19.8 Å². The van der Waals surface area contributed by atoms with Crippen molar-refractivity contribution < 1.29 is 9.53 Å². The van der Waals surface area contributed by atoms with Crippen molar-refractivity contribution in [2.45, 2.75) is 19.8 Å². The zero-order valence-electron chi connectivity index (χ0n) is 6.67. The molecule has 0 radical (unpaired) electrons. The van der Waals surface area contributed by atoms with Gasteiger partial charge in [0, 0.05) is 6.42 Å². The number of hydrogen-bond acceptors (Lipinski definition) is 2. The Morgan fingerprint density at radius 1 is 1.73 bits per heavy atom. The van der Waals surface area contributed by atoms with Crippen LogP contribution in [0.25, 0.3) is 0 Å². The molecule has 0 spiro atoms. The van der Waals surface area contributed by atoms with Gasteiger partial charge >= 0.3 is 5.97 Å². The summed E-state index contributed by atoms with van der Waals surface area (Å²) in [7, 11) is 0. The molecule has 1 aliphatic carbocycles. The second-order valence-corrected chi connectivity index (χ2v) is 2.47. The van der Waals surface area contributed by atoms with Crippen molar-refractivity contribution in [2.24, 2.45) is 0 Å². The van der Waals surface area contributed by atoms with Crippen molar-refractivity contribution in [3.05, 3.63) is 23.8 Å². The maximum atomic E-state index is 10.7. The molecule has 0 fully saturated rings. The van der Waals surface area contributed by atoms with E-state index in [0.717, 1.165) is 6.42 Å². The van der Waals surface area contributed by atoms with Crippen molar-refractivity contribution in [2.75, 3.05) is 6.61 Å². The van der Waals surface area contributed by atoms with Crippen LogP contribution in [0.4, 0.5) is 0 Å². The molecule has 0 bridgehead atoms. The van der Waals surface area contributed by atoms with Gasteiger partial charge in [0.1, 0.15) is 6.61 Å². The molecule has 1 rings (SSSR count). The lowest BCUT2D eigenvalue weighted by atomic mass is 10.2. The Morgan fingerprint density at radius 3 is 3.09 bits per heavy atom. The van der Waals surface area contributed by atoms with Gasteiger partial charge in [0.15, 0.2) is 0 Å². The summed E-state index contributed by atoms with van der Waals surface area (Å²) in [5, 5.41) is 0. The van der Waals surface area contributed by atoms with Crippen molar-refractivity contribution in [3.8, 4) is 0 Å². The Labute approximate surface area is 66.5 Å². The fourth-order valence-electron chi connectivity index (χ4n) is 0.874. The minimum atomic E-state index is -0.127. The molecule has 0 saturated carbocycles. The van der Waals surface area contributed by atoms with Crippen LogP contribution < -0.4 is 0 Å². The standard InChI is InChI=1S/C9H12O2/c1-2-9(10)11-7-8-5-3-4-6-8/h3-5H,2,6-7H2,1H3. The fraction of sp³-hybridized carbons (Fsp3) is 0.444. The first-order valence-corrected chi connectivity index (χ1v) is 3.83. The van der Waals surface area contributed by atoms with Crippen LogP contribution in [0.5, 0.6) is 0 Å². The molecule has 0 unspecified atom stereocenters. The van der Waals surface area contributed by atoms with Gasteiger partial charge in [0.05, 0.1) is 0 Å². The highest BCUT2D eigenvalue weighted by atomic mass is 16.5. The largest absolute Gasteiger partial charge is 0.461 e. The minimum Gasteiger partial charge on any atom is -0.461 e. The number of hydrogen-bond donors (Lipinski definition) is 0. The number of rotatable bonds is 3. The van der Waals surface area contributed by atoms with Crippen molar-refractivity contribution in [1.82, 2.24) is 0 Å². The van der Waals surface area contributed by atoms with Crippen LogP contribution in [0.15, 0.2) is 23.8 Å². The molecule has 2 heteroatoms. The highest BCUT2D eigenvalue weighted by Gasteiger charge is 2.02. The van der Waals surface area contributed by atoms with E-state index in [2.05, 4.69) is 6.08 Å². The topological polar surface area (TPSA) is 26.3 Å². The van der Waals surface area contributed by atoms with Gasteiger partial charge in [0.2, 0.25) is 0 Å². The molecule has 0 amide bonds. The summed E-state index contributed by atoms with van der Waals surface area (Å²) in [6.45, 7) is 2.25. The maximum absolute atomic E-state index is 10.7. The highest BCUT2D eigenvalue weighted by Crippen LogP contribution is 2.10. The van der Waals surface area contributed by atoms with E-state index in [1.807, 2.05) is 12.2 Å². The van der Waals surface area contributed by atoms with Gasteiger partial charge in [0.25, 0.3) is 0 Å². The summed E-state index contributed by atoms with van der Waals surface area (Å²) >= 11 is 0. The first-order valence-electron chi connectivity index (χ1n) is 3.83. The van der Waals surface area contributed by atoms with E-state index in [-0.39, 0.29) is 5.97 Å². The summed E-state index contributed by atoms with van der Waals surface area (Å²) < 4.78 is 4.93. The maximum Gasteiger partial charge on any atom is 0.305 e. The van der Waals surface area contributed by atoms with Crippen LogP contribution >= 0.6 is 0 Å². The number of allylic oxidation sites excluding steroid dienone is 3. The van der Waals surface area contributed by atoms with Gasteiger partial charge < -0.3 is 4.74 Å². The molecule has 0 heterocycles. The lowest BCUT2D eigenvalue weighted by Crippen LogP contribution is -2.04. The van der Waals surface area contributed by atoms with Crippen molar-refractivity contribution >= 4 is 5.97 Å². The lowest BCUT2D eigenvalue weighted by Gasteiger charge is -2.02. The first-order chi connectivity index (χ1) is 5.33. The predicted octanol–water partition coefficient (Wildman–Crippen LogP) is 1.83. The van der Waals surface area contributed by atoms with E-state index in [1.54, 1.807) is 6.92 Å². The third-order valence-electron chi connectivity index (χ3n) is 1.56. The zero-order chi connectivity index (χ0) is 8.10. The smallest absolute Gasteiger partial charge is 0.305 e. The number of carbonyl (C=O) groups excluding carboxylic acids is 1. The van der Waals surface area contributed by atoms with E-state index in [0.29, 0.717) is 13.0 Å². The van der Waals surface area contributed by atoms with Crippen molar-refractivity contribution in [3.63, 3.8) is 0 Å². The summed E-state index contributed by atoms with van der Waals surface area (Å²) in [6.07, 6.45) is 7.41. The van der Waals surface area contributed by atoms with Gasteiger partial charge in [-0.05, 0) is 12.0 Å². The molecule has 0 aromatic carbocycles. The quantitative estimate of drug-likeness (QED) is 0.576. The number of ether oxygens (including phenoxy) is 1. The van der Waals surface area contributed by atoms with Gasteiger partial charge in [-0.25, -0.2) is 0 Å². The van der Waals surface area contributed by atoms with Crippen LogP contribution in [0.3, 0.4) is 0 Å². The minimum absolute atomic E-state index is 0.127. The Balaban J connectivity index is 2.18. The van der Waals surface area contributed by atoms with Gasteiger partial charge in [-0.15, -0.1) is 0 Å². The SMILES string of the molecule is CCC(=O)OCC1=CC=CC1. The number of carbonyl (C=O) groups is 1. The molecule has 2 nitrogen and oxygen atoms in total. The highest BCUT2D eigenvalue weighted by molar-refractivity contribution is 5.69. The van der Waals surface area contributed by atoms with E-state index < -0.39 is 0 Å². The second-order valence-electron chi connectivity index (χ2n) is 2.47. The summed E-state index contributed by atoms with van der Waals surface area (Å²) in [5.41, 5.74) is 1.17. The molecule has 11 heavy (non-hydrogen) atoms. The lowest BCUT2D eigenvalue weighted by molar-refractivity contribution is -0.142. The molecule has 0 aromatic heterocycles. The fourth-order valence-corrected chi connectivity index (χ4v) is 0.874. The second kappa shape index (κ2) is 3.96. The van der Waals surface area contributed by atoms with Crippen LogP contribution in [0.2, 0.25) is 0 Å². The molecule has 1 aliphatic rings. The average molecular weight is 152 g/mol. The van der Waals surface area contributed by atoms with E-state index in [9.17, 15) is 4.79 Å². The molecular formula is C9H12O2. The molecule has 60 valence electrons. The van der Waals surface area contributed by atoms with Crippen LogP contribution in [0, 0.1) is 0 Å². The molecule has 0 saturated heterocycles. The van der Waals surface area contributed by atoms with Gasteiger partial charge in [-0.1, -0.05) is 25.2 Å². The van der Waals surface area contributed by atoms with E-state index >= 15 is 0 Å². The van der Waals surface area contributed by atoms with Crippen LogP contribution in [-0.2, 0) is 9.53 Å². The predicted molar refractivity (Wildman–Crippen MR) is 43.1 cm³/mol. The molecule has 0 aromatic rings. The molecule has 0 aliphatic heterocycles. The Hall–Kier alpha value is -1.05. The molecular weight excluding hydrogens is 140 g/mol. The monoisotopic (exact) mass is 152 g/mol. The Bertz CT molecular complexity index is 202. The first kappa shape index (κ1) is 8.05. The summed E-state index contributed by atoms with van der Waals surface area (Å²) in [4.78, 5) is 10.7. The Morgan fingerprint density at radius 2 is 2.55 bits per heavy atom. The molecule has 0 atom stereocenters. The van der Waals surface area contributed by atoms with E-state index in [4.69, 9.17) is 4.74 Å². The van der Waals surface area contributed by atoms with Gasteiger partial charge in [-0.3, -0.25) is 4.79 Å². The summed E-state index contributed by atoms with van der Waals surface area (Å²) in [5.74, 6) is -0.127. The average Bonchev–Trinajstić information content (AvgIpc) is 2.52. The Kier molecular flexibility index (Phi) is 2.90.